The van der Waals surface area contributed by atoms with Gasteiger partial charge in [-0.1, -0.05) is 29.3 Å². The molecular formula is C16H10Cl2N4O3. The standard InChI is InChI=1S/C16H10Cl2N4O3/c17-11-2-1-3-12(6-11)20-9-10(8-19)16(23)21-15-7-13(22(24)25)4-5-14(15)18/h1-7,9,20H,(H,21,23)/b10-9-. The largest absolute Gasteiger partial charge is 0.360 e. The van der Waals surface area contributed by atoms with Crippen LogP contribution >= 0.6 is 23.2 Å². The number of nitrogens with one attached hydrogen (secondary N) is 2. The monoisotopic (exact) mass is 376 g/mol. The van der Waals surface area contributed by atoms with Crippen molar-refractivity contribution in [2.24, 2.45) is 0 Å². The van der Waals surface area contributed by atoms with Crippen LogP contribution in [0.1, 0.15) is 0 Å². The van der Waals surface area contributed by atoms with Crippen molar-refractivity contribution in [3.63, 3.8) is 0 Å². The Hall–Kier alpha value is -3.08. The molecule has 0 aliphatic heterocycles. The lowest BCUT2D eigenvalue weighted by Crippen LogP contribution is -2.15. The molecule has 0 saturated heterocycles. The van der Waals surface area contributed by atoms with Gasteiger partial charge in [0.15, 0.2) is 0 Å². The van der Waals surface area contributed by atoms with E-state index >= 15 is 0 Å². The normalized spacial score (nSPS) is 10.7. The second-order valence-electron chi connectivity index (χ2n) is 4.70. The fourth-order valence-electron chi connectivity index (χ4n) is 1.79. The number of nitrogens with zero attached hydrogens (tertiary/aromatic N) is 2. The molecule has 0 saturated carbocycles. The molecule has 0 aliphatic carbocycles. The number of anilines is 2. The smallest absolute Gasteiger partial charge is 0.271 e. The molecule has 2 aromatic carbocycles. The maximum absolute atomic E-state index is 12.2. The van der Waals surface area contributed by atoms with Gasteiger partial charge in [-0.15, -0.1) is 0 Å². The summed E-state index contributed by atoms with van der Waals surface area (Å²) in [6.45, 7) is 0. The topological polar surface area (TPSA) is 108 Å². The third-order valence-electron chi connectivity index (χ3n) is 2.98. The molecule has 0 bridgehead atoms. The molecule has 0 aliphatic rings. The molecule has 2 N–H and O–H groups in total. The van der Waals surface area contributed by atoms with E-state index < -0.39 is 10.8 Å². The van der Waals surface area contributed by atoms with Crippen LogP contribution in [0.15, 0.2) is 54.2 Å². The van der Waals surface area contributed by atoms with Crippen LogP contribution in [0.5, 0.6) is 0 Å². The molecule has 0 heterocycles. The van der Waals surface area contributed by atoms with Crippen LogP contribution in [0, 0.1) is 21.4 Å². The van der Waals surface area contributed by atoms with E-state index in [1.807, 2.05) is 0 Å². The summed E-state index contributed by atoms with van der Waals surface area (Å²) in [6.07, 6.45) is 1.20. The number of rotatable bonds is 5. The Morgan fingerprint density at radius 2 is 2.00 bits per heavy atom. The lowest BCUT2D eigenvalue weighted by molar-refractivity contribution is -0.384. The van der Waals surface area contributed by atoms with Crippen LogP contribution in [-0.2, 0) is 4.79 Å². The molecule has 0 aromatic heterocycles. The van der Waals surface area contributed by atoms with Gasteiger partial charge in [-0.3, -0.25) is 14.9 Å². The summed E-state index contributed by atoms with van der Waals surface area (Å²) in [5, 5.41) is 25.7. The predicted octanol–water partition coefficient (Wildman–Crippen LogP) is 4.36. The number of hydrogen-bond acceptors (Lipinski definition) is 5. The fraction of sp³-hybridized carbons (Fsp3) is 0. The number of non-ortho nitro benzene ring substituents is 1. The second-order valence-corrected chi connectivity index (χ2v) is 5.54. The molecule has 2 aromatic rings. The Bertz CT molecular complexity index is 906. The Labute approximate surface area is 152 Å². The minimum absolute atomic E-state index is 0.0322. The summed E-state index contributed by atoms with van der Waals surface area (Å²) in [7, 11) is 0. The van der Waals surface area contributed by atoms with Gasteiger partial charge in [-0.2, -0.15) is 5.26 Å². The van der Waals surface area contributed by atoms with Crippen LogP contribution < -0.4 is 10.6 Å². The molecule has 0 atom stereocenters. The number of carbonyl (C=O) groups is 1. The first-order valence-corrected chi connectivity index (χ1v) is 7.54. The number of nitro benzene ring substituents is 1. The molecule has 0 spiro atoms. The van der Waals surface area contributed by atoms with Gasteiger partial charge in [0.05, 0.1) is 15.6 Å². The Morgan fingerprint density at radius 3 is 2.64 bits per heavy atom. The maximum Gasteiger partial charge on any atom is 0.271 e. The van der Waals surface area contributed by atoms with E-state index in [-0.39, 0.29) is 22.0 Å². The first-order valence-electron chi connectivity index (χ1n) is 6.78. The van der Waals surface area contributed by atoms with E-state index in [2.05, 4.69) is 10.6 Å². The van der Waals surface area contributed by atoms with Crippen LogP contribution in [0.25, 0.3) is 0 Å². The molecule has 0 radical (unpaired) electrons. The Kier molecular flexibility index (Phi) is 5.95. The van der Waals surface area contributed by atoms with Gasteiger partial charge in [0.1, 0.15) is 11.6 Å². The van der Waals surface area contributed by atoms with E-state index in [0.717, 1.165) is 6.07 Å². The third kappa shape index (κ3) is 4.94. The van der Waals surface area contributed by atoms with Crippen LogP contribution in [0.3, 0.4) is 0 Å². The van der Waals surface area contributed by atoms with Crippen LogP contribution in [0.4, 0.5) is 17.1 Å². The zero-order valence-electron chi connectivity index (χ0n) is 12.5. The molecule has 25 heavy (non-hydrogen) atoms. The third-order valence-corrected chi connectivity index (χ3v) is 3.55. The summed E-state index contributed by atoms with van der Waals surface area (Å²) in [4.78, 5) is 22.3. The number of halogens is 2. The van der Waals surface area contributed by atoms with E-state index in [9.17, 15) is 14.9 Å². The molecule has 0 unspecified atom stereocenters. The highest BCUT2D eigenvalue weighted by molar-refractivity contribution is 6.34. The first kappa shape index (κ1) is 18.3. The van der Waals surface area contributed by atoms with Gasteiger partial charge in [-0.05, 0) is 24.3 Å². The number of carbonyl (C=O) groups excluding carboxylic acids is 1. The number of nitriles is 1. The maximum atomic E-state index is 12.2. The van der Waals surface area contributed by atoms with Crippen LogP contribution in [-0.4, -0.2) is 10.8 Å². The average molecular weight is 377 g/mol. The predicted molar refractivity (Wildman–Crippen MR) is 95.5 cm³/mol. The molecule has 126 valence electrons. The van der Waals surface area contributed by atoms with E-state index in [1.54, 1.807) is 30.3 Å². The molecule has 2 rings (SSSR count). The van der Waals surface area contributed by atoms with Gasteiger partial charge in [-0.25, -0.2) is 0 Å². The SMILES string of the molecule is N#C/C(=C/Nc1cccc(Cl)c1)C(=O)Nc1cc([N+](=O)[O-])ccc1Cl. The fourth-order valence-corrected chi connectivity index (χ4v) is 2.15. The number of benzene rings is 2. The highest BCUT2D eigenvalue weighted by Crippen LogP contribution is 2.27. The van der Waals surface area contributed by atoms with Gasteiger partial charge >= 0.3 is 0 Å². The second kappa shape index (κ2) is 8.15. The number of nitro groups is 1. The summed E-state index contributed by atoms with van der Waals surface area (Å²) in [5.74, 6) is -0.764. The lowest BCUT2D eigenvalue weighted by atomic mass is 10.2. The van der Waals surface area contributed by atoms with Gasteiger partial charge in [0.2, 0.25) is 0 Å². The van der Waals surface area contributed by atoms with Crippen molar-refractivity contribution in [1.29, 1.82) is 5.26 Å². The van der Waals surface area contributed by atoms with Crippen molar-refractivity contribution in [3.8, 4) is 6.07 Å². The molecule has 7 nitrogen and oxygen atoms in total. The summed E-state index contributed by atoms with van der Waals surface area (Å²) in [5.41, 5.74) is 0.132. The van der Waals surface area contributed by atoms with Gasteiger partial charge in [0.25, 0.3) is 11.6 Å². The number of hydrogen-bond donors (Lipinski definition) is 2. The van der Waals surface area contributed by atoms with Crippen molar-refractivity contribution in [1.82, 2.24) is 0 Å². The molecule has 0 fully saturated rings. The zero-order chi connectivity index (χ0) is 18.4. The van der Waals surface area contributed by atoms with Gasteiger partial charge < -0.3 is 10.6 Å². The molecule has 9 heteroatoms. The van der Waals surface area contributed by atoms with E-state index in [4.69, 9.17) is 28.5 Å². The van der Waals surface area contributed by atoms with Crippen molar-refractivity contribution >= 4 is 46.2 Å². The Morgan fingerprint density at radius 1 is 1.24 bits per heavy atom. The minimum Gasteiger partial charge on any atom is -0.360 e. The minimum atomic E-state index is -0.764. The molecule has 1 amide bonds. The van der Waals surface area contributed by atoms with Crippen molar-refractivity contribution in [2.45, 2.75) is 0 Å². The van der Waals surface area contributed by atoms with E-state index in [0.29, 0.717) is 10.7 Å². The quantitative estimate of drug-likeness (QED) is 0.348. The van der Waals surface area contributed by atoms with Crippen molar-refractivity contribution in [3.05, 3.63) is 74.4 Å². The lowest BCUT2D eigenvalue weighted by Gasteiger charge is -2.07. The van der Waals surface area contributed by atoms with Crippen molar-refractivity contribution in [2.75, 3.05) is 10.6 Å². The highest BCUT2D eigenvalue weighted by atomic mass is 35.5. The Balaban J connectivity index is 2.18. The first-order chi connectivity index (χ1) is 11.9. The van der Waals surface area contributed by atoms with E-state index in [1.165, 1.54) is 18.3 Å². The highest BCUT2D eigenvalue weighted by Gasteiger charge is 2.15. The average Bonchev–Trinajstić information content (AvgIpc) is 2.57. The summed E-state index contributed by atoms with van der Waals surface area (Å²) < 4.78 is 0. The summed E-state index contributed by atoms with van der Waals surface area (Å²) in [6, 6.07) is 12.0. The van der Waals surface area contributed by atoms with Gasteiger partial charge in [0, 0.05) is 29.0 Å². The van der Waals surface area contributed by atoms with Crippen LogP contribution in [0.2, 0.25) is 10.0 Å². The zero-order valence-corrected chi connectivity index (χ0v) is 14.0. The van der Waals surface area contributed by atoms with Crippen molar-refractivity contribution < 1.29 is 9.72 Å². The number of amides is 1. The summed E-state index contributed by atoms with van der Waals surface area (Å²) >= 11 is 11.8. The molecular weight excluding hydrogens is 367 g/mol.